The van der Waals surface area contributed by atoms with E-state index in [2.05, 4.69) is 22.6 Å². The maximum atomic E-state index is 12.7. The number of carbonyl (C=O) groups is 3. The molecule has 3 aromatic carbocycles. The third kappa shape index (κ3) is 5.23. The van der Waals surface area contributed by atoms with Crippen molar-refractivity contribution in [1.29, 1.82) is 0 Å². The minimum Gasteiger partial charge on any atom is -0.423 e. The summed E-state index contributed by atoms with van der Waals surface area (Å²) in [5.41, 5.74) is 2.03. The van der Waals surface area contributed by atoms with Crippen molar-refractivity contribution in [3.05, 3.63) is 103 Å². The van der Waals surface area contributed by atoms with Gasteiger partial charge in [-0.2, -0.15) is 0 Å². The van der Waals surface area contributed by atoms with Crippen LogP contribution in [0, 0.1) is 3.57 Å². The first-order valence-electron chi connectivity index (χ1n) is 9.47. The molecule has 0 aliphatic carbocycles. The number of rotatable bonds is 5. The molecule has 0 saturated carbocycles. The molecule has 160 valence electrons. The Hall–Kier alpha value is -2.62. The van der Waals surface area contributed by atoms with Crippen LogP contribution in [0.4, 0.5) is 4.79 Å². The quantitative estimate of drug-likeness (QED) is 0.152. The van der Waals surface area contributed by atoms with Crippen molar-refractivity contribution < 1.29 is 19.1 Å². The number of halogens is 2. The summed E-state index contributed by atoms with van der Waals surface area (Å²) in [6, 6.07) is 20.9. The van der Waals surface area contributed by atoms with Crippen LogP contribution in [0.25, 0.3) is 6.08 Å². The van der Waals surface area contributed by atoms with Crippen molar-refractivity contribution in [1.82, 2.24) is 4.90 Å². The van der Waals surface area contributed by atoms with Gasteiger partial charge in [-0.3, -0.25) is 14.5 Å². The number of benzene rings is 3. The molecule has 0 spiro atoms. The molecule has 0 unspecified atom stereocenters. The highest BCUT2D eigenvalue weighted by Gasteiger charge is 2.34. The molecule has 0 N–H and O–H groups in total. The van der Waals surface area contributed by atoms with E-state index in [-0.39, 0.29) is 17.7 Å². The van der Waals surface area contributed by atoms with E-state index in [0.29, 0.717) is 21.2 Å². The Kier molecular flexibility index (Phi) is 6.98. The molecular formula is C24H15ClINO4S. The number of ether oxygens (including phenoxy) is 1. The SMILES string of the molecule is O=C(Oc1ccc(/C=C2\SC(=O)N(Cc3ccc(Cl)cc3)C2=O)cc1)c1ccccc1I. The van der Waals surface area contributed by atoms with Gasteiger partial charge in [-0.25, -0.2) is 4.79 Å². The molecule has 1 saturated heterocycles. The van der Waals surface area contributed by atoms with Crippen LogP contribution in [-0.4, -0.2) is 22.0 Å². The maximum absolute atomic E-state index is 12.7. The maximum Gasteiger partial charge on any atom is 0.344 e. The summed E-state index contributed by atoms with van der Waals surface area (Å²) >= 11 is 8.87. The Balaban J connectivity index is 1.44. The summed E-state index contributed by atoms with van der Waals surface area (Å²) in [6.45, 7) is 0.187. The third-order valence-corrected chi connectivity index (χ3v) is 6.71. The number of carbonyl (C=O) groups excluding carboxylic acids is 3. The highest BCUT2D eigenvalue weighted by molar-refractivity contribution is 14.1. The summed E-state index contributed by atoms with van der Waals surface area (Å²) in [6.07, 6.45) is 1.65. The molecule has 0 aromatic heterocycles. The summed E-state index contributed by atoms with van der Waals surface area (Å²) in [4.78, 5) is 38.9. The number of hydrogen-bond acceptors (Lipinski definition) is 5. The van der Waals surface area contributed by atoms with Gasteiger partial charge in [-0.1, -0.05) is 48.0 Å². The van der Waals surface area contributed by atoms with Crippen LogP contribution in [0.1, 0.15) is 21.5 Å². The molecular weight excluding hydrogens is 561 g/mol. The first-order chi connectivity index (χ1) is 15.4. The Labute approximate surface area is 207 Å². The second kappa shape index (κ2) is 9.89. The highest BCUT2D eigenvalue weighted by atomic mass is 127. The van der Waals surface area contributed by atoms with Gasteiger partial charge in [0.25, 0.3) is 11.1 Å². The van der Waals surface area contributed by atoms with Crippen LogP contribution >= 0.6 is 46.0 Å². The van der Waals surface area contributed by atoms with E-state index >= 15 is 0 Å². The van der Waals surface area contributed by atoms with Crippen LogP contribution < -0.4 is 4.74 Å². The lowest BCUT2D eigenvalue weighted by Gasteiger charge is -2.12. The van der Waals surface area contributed by atoms with E-state index in [1.165, 1.54) is 4.90 Å². The summed E-state index contributed by atoms with van der Waals surface area (Å²) in [5, 5.41) is 0.273. The number of esters is 1. The smallest absolute Gasteiger partial charge is 0.344 e. The zero-order chi connectivity index (χ0) is 22.7. The first-order valence-corrected chi connectivity index (χ1v) is 11.7. The normalized spacial score (nSPS) is 14.8. The lowest BCUT2D eigenvalue weighted by atomic mass is 10.2. The van der Waals surface area contributed by atoms with Crippen molar-refractivity contribution in [3.8, 4) is 5.75 Å². The fourth-order valence-corrected chi connectivity index (χ4v) is 4.55. The Morgan fingerprint density at radius 3 is 2.38 bits per heavy atom. The number of nitrogens with zero attached hydrogens (tertiary/aromatic N) is 1. The number of thioether (sulfide) groups is 1. The second-order valence-electron chi connectivity index (χ2n) is 6.83. The largest absolute Gasteiger partial charge is 0.423 e. The van der Waals surface area contributed by atoms with Gasteiger partial charge in [0.1, 0.15) is 5.75 Å². The average molecular weight is 576 g/mol. The minimum atomic E-state index is -0.439. The average Bonchev–Trinajstić information content (AvgIpc) is 3.04. The fourth-order valence-electron chi connectivity index (χ4n) is 2.98. The van der Waals surface area contributed by atoms with Crippen LogP contribution in [0.5, 0.6) is 5.75 Å². The van der Waals surface area contributed by atoms with Crippen LogP contribution in [0.15, 0.2) is 77.7 Å². The van der Waals surface area contributed by atoms with Gasteiger partial charge < -0.3 is 4.74 Å². The van der Waals surface area contributed by atoms with Gasteiger partial charge >= 0.3 is 5.97 Å². The van der Waals surface area contributed by atoms with Crippen molar-refractivity contribution in [2.75, 3.05) is 0 Å². The number of hydrogen-bond donors (Lipinski definition) is 0. The molecule has 8 heteroatoms. The molecule has 32 heavy (non-hydrogen) atoms. The lowest BCUT2D eigenvalue weighted by Crippen LogP contribution is -2.27. The molecule has 1 aliphatic heterocycles. The zero-order valence-electron chi connectivity index (χ0n) is 16.5. The topological polar surface area (TPSA) is 63.7 Å². The van der Waals surface area contributed by atoms with Gasteiger partial charge in [0.2, 0.25) is 0 Å². The molecule has 1 aliphatic rings. The molecule has 3 aromatic rings. The number of amides is 2. The number of imide groups is 1. The van der Waals surface area contributed by atoms with E-state index in [4.69, 9.17) is 16.3 Å². The predicted molar refractivity (Wildman–Crippen MR) is 134 cm³/mol. The van der Waals surface area contributed by atoms with E-state index in [1.54, 1.807) is 66.7 Å². The Morgan fingerprint density at radius 1 is 1.00 bits per heavy atom. The molecule has 0 bridgehead atoms. The van der Waals surface area contributed by atoms with Gasteiger partial charge in [-0.05, 0) is 88.0 Å². The molecule has 2 amide bonds. The van der Waals surface area contributed by atoms with Crippen LogP contribution in [0.3, 0.4) is 0 Å². The summed E-state index contributed by atoms with van der Waals surface area (Å²) in [5.74, 6) is -0.391. The van der Waals surface area contributed by atoms with Crippen LogP contribution in [-0.2, 0) is 11.3 Å². The molecule has 1 heterocycles. The van der Waals surface area contributed by atoms with Crippen LogP contribution in [0.2, 0.25) is 5.02 Å². The van der Waals surface area contributed by atoms with Gasteiger partial charge in [0, 0.05) is 8.59 Å². The monoisotopic (exact) mass is 575 g/mol. The summed E-state index contributed by atoms with van der Waals surface area (Å²) in [7, 11) is 0. The molecule has 4 rings (SSSR count). The molecule has 0 atom stereocenters. The zero-order valence-corrected chi connectivity index (χ0v) is 20.2. The summed E-state index contributed by atoms with van der Waals surface area (Å²) < 4.78 is 6.23. The standard InChI is InChI=1S/C24H15ClINO4S/c25-17-9-5-16(6-10-17)14-27-22(28)21(32-24(27)30)13-15-7-11-18(12-8-15)31-23(29)19-3-1-2-4-20(19)26/h1-13H,14H2/b21-13-. The van der Waals surface area contributed by atoms with Gasteiger partial charge in [0.15, 0.2) is 0 Å². The van der Waals surface area contributed by atoms with Gasteiger partial charge in [0.05, 0.1) is 17.0 Å². The van der Waals surface area contributed by atoms with Crippen molar-refractivity contribution in [2.45, 2.75) is 6.54 Å². The van der Waals surface area contributed by atoms with E-state index in [0.717, 1.165) is 26.5 Å². The highest BCUT2D eigenvalue weighted by Crippen LogP contribution is 2.33. The predicted octanol–water partition coefficient (Wildman–Crippen LogP) is 6.40. The molecule has 5 nitrogen and oxygen atoms in total. The fraction of sp³-hybridized carbons (Fsp3) is 0.0417. The first kappa shape index (κ1) is 22.6. The molecule has 1 fully saturated rings. The lowest BCUT2D eigenvalue weighted by molar-refractivity contribution is -0.123. The van der Waals surface area contributed by atoms with Crippen molar-refractivity contribution >= 4 is 69.1 Å². The Morgan fingerprint density at radius 2 is 1.69 bits per heavy atom. The van der Waals surface area contributed by atoms with Gasteiger partial charge in [-0.15, -0.1) is 0 Å². The Bertz CT molecular complexity index is 1230. The van der Waals surface area contributed by atoms with Crippen molar-refractivity contribution in [2.24, 2.45) is 0 Å². The van der Waals surface area contributed by atoms with E-state index in [9.17, 15) is 14.4 Å². The third-order valence-electron chi connectivity index (χ3n) is 4.61. The minimum absolute atomic E-state index is 0.187. The van der Waals surface area contributed by atoms with Crippen molar-refractivity contribution in [3.63, 3.8) is 0 Å². The van der Waals surface area contributed by atoms with E-state index < -0.39 is 5.97 Å². The van der Waals surface area contributed by atoms with E-state index in [1.807, 2.05) is 12.1 Å². The second-order valence-corrected chi connectivity index (χ2v) is 9.42. The molecule has 0 radical (unpaired) electrons.